The Bertz CT molecular complexity index is 1240. The number of carbonyl (C=O) groups excluding carboxylic acids is 1. The second kappa shape index (κ2) is 9.89. The first-order valence-corrected chi connectivity index (χ1v) is 14.0. The third-order valence-corrected chi connectivity index (χ3v) is 9.03. The highest BCUT2D eigenvalue weighted by atomic mass is 32.2. The van der Waals surface area contributed by atoms with Crippen LogP contribution in [-0.2, 0) is 14.8 Å². The standard InChI is InChI=1S/C24H27N5O3S2/c30-23(17-33-24-27-21-11-4-3-10-20(21)22-12-13-25-29(22)24)26-18-8-7-9-19(16-18)34(31,32)28-14-5-1-2-6-15-28/h3-4,7-11,13,16,22H,1-2,5-6,12,14-15,17H2,(H,26,30)/t22-/m1/s1. The van der Waals surface area contributed by atoms with Crippen LogP contribution in [-0.4, -0.2) is 53.9 Å². The molecule has 2 aromatic rings. The predicted octanol–water partition coefficient (Wildman–Crippen LogP) is 4.36. The Morgan fingerprint density at radius 3 is 2.68 bits per heavy atom. The molecule has 0 aromatic heterocycles. The molecule has 1 fully saturated rings. The number of amides is 1. The molecular formula is C24H27N5O3S2. The third kappa shape index (κ3) is 4.75. The minimum atomic E-state index is -3.58. The van der Waals surface area contributed by atoms with Gasteiger partial charge in [-0.05, 0) is 37.1 Å². The zero-order valence-corrected chi connectivity index (χ0v) is 20.4. The fourth-order valence-electron chi connectivity index (χ4n) is 4.47. The van der Waals surface area contributed by atoms with Gasteiger partial charge in [0.15, 0.2) is 5.17 Å². The van der Waals surface area contributed by atoms with Gasteiger partial charge in [-0.15, -0.1) is 0 Å². The van der Waals surface area contributed by atoms with Gasteiger partial charge >= 0.3 is 0 Å². The van der Waals surface area contributed by atoms with Crippen molar-refractivity contribution in [1.29, 1.82) is 0 Å². The Labute approximate surface area is 204 Å². The number of rotatable bonds is 5. The minimum Gasteiger partial charge on any atom is -0.325 e. The van der Waals surface area contributed by atoms with Crippen LogP contribution in [0.15, 0.2) is 63.5 Å². The van der Waals surface area contributed by atoms with Crippen molar-refractivity contribution >= 4 is 50.4 Å². The summed E-state index contributed by atoms with van der Waals surface area (Å²) in [6.07, 6.45) is 6.55. The fraction of sp³-hybridized carbons (Fsp3) is 0.375. The molecule has 0 unspecified atom stereocenters. The molecule has 0 saturated carbocycles. The van der Waals surface area contributed by atoms with Gasteiger partial charge in [0.05, 0.1) is 22.4 Å². The highest BCUT2D eigenvalue weighted by Gasteiger charge is 2.32. The van der Waals surface area contributed by atoms with E-state index < -0.39 is 10.0 Å². The van der Waals surface area contributed by atoms with E-state index in [0.29, 0.717) is 23.9 Å². The van der Waals surface area contributed by atoms with E-state index in [4.69, 9.17) is 4.99 Å². The zero-order chi connectivity index (χ0) is 23.5. The van der Waals surface area contributed by atoms with E-state index in [1.807, 2.05) is 29.4 Å². The molecule has 10 heteroatoms. The molecule has 5 rings (SSSR count). The summed E-state index contributed by atoms with van der Waals surface area (Å²) in [5.41, 5.74) is 2.51. The average Bonchev–Trinajstić information content (AvgIpc) is 3.17. The number of anilines is 1. The molecule has 3 aliphatic rings. The number of thioether (sulfide) groups is 1. The van der Waals surface area contributed by atoms with E-state index in [2.05, 4.69) is 16.5 Å². The molecule has 1 N–H and O–H groups in total. The van der Waals surface area contributed by atoms with Crippen molar-refractivity contribution in [3.05, 3.63) is 54.1 Å². The number of hydrogen-bond acceptors (Lipinski definition) is 7. The Balaban J connectivity index is 1.25. The van der Waals surface area contributed by atoms with Crippen LogP contribution < -0.4 is 5.32 Å². The lowest BCUT2D eigenvalue weighted by molar-refractivity contribution is -0.113. The van der Waals surface area contributed by atoms with Crippen molar-refractivity contribution in [1.82, 2.24) is 9.31 Å². The van der Waals surface area contributed by atoms with Crippen molar-refractivity contribution in [2.45, 2.75) is 43.0 Å². The molecule has 1 saturated heterocycles. The van der Waals surface area contributed by atoms with Crippen LogP contribution in [0.3, 0.4) is 0 Å². The topological polar surface area (TPSA) is 94.4 Å². The predicted molar refractivity (Wildman–Crippen MR) is 136 cm³/mol. The number of sulfonamides is 1. The molecule has 34 heavy (non-hydrogen) atoms. The molecule has 178 valence electrons. The normalized spacial score (nSPS) is 20.3. The highest BCUT2D eigenvalue weighted by molar-refractivity contribution is 8.14. The second-order valence-corrected chi connectivity index (χ2v) is 11.4. The highest BCUT2D eigenvalue weighted by Crippen LogP contribution is 2.40. The van der Waals surface area contributed by atoms with Crippen LogP contribution in [0.1, 0.15) is 43.7 Å². The Kier molecular flexibility index (Phi) is 6.71. The molecule has 8 nitrogen and oxygen atoms in total. The monoisotopic (exact) mass is 497 g/mol. The third-order valence-electron chi connectivity index (χ3n) is 6.19. The van der Waals surface area contributed by atoms with Crippen molar-refractivity contribution in [2.24, 2.45) is 10.1 Å². The lowest BCUT2D eigenvalue weighted by Gasteiger charge is -2.29. The van der Waals surface area contributed by atoms with E-state index in [1.54, 1.807) is 22.5 Å². The number of aliphatic imine (C=N–C) groups is 1. The Morgan fingerprint density at radius 1 is 1.06 bits per heavy atom. The van der Waals surface area contributed by atoms with Crippen molar-refractivity contribution in [3.63, 3.8) is 0 Å². The van der Waals surface area contributed by atoms with Gasteiger partial charge in [-0.1, -0.05) is 48.9 Å². The first-order valence-electron chi connectivity index (χ1n) is 11.5. The molecule has 3 aliphatic heterocycles. The van der Waals surface area contributed by atoms with Crippen LogP contribution in [0.4, 0.5) is 11.4 Å². The number of nitrogens with one attached hydrogen (secondary N) is 1. The summed E-state index contributed by atoms with van der Waals surface area (Å²) in [6.45, 7) is 1.08. The van der Waals surface area contributed by atoms with Crippen LogP contribution in [0, 0.1) is 0 Å². The van der Waals surface area contributed by atoms with Crippen molar-refractivity contribution < 1.29 is 13.2 Å². The maximum absolute atomic E-state index is 13.1. The summed E-state index contributed by atoms with van der Waals surface area (Å²) in [5.74, 6) is -0.0846. The number of carbonyl (C=O) groups is 1. The van der Waals surface area contributed by atoms with Crippen LogP contribution in [0.5, 0.6) is 0 Å². The number of hydrazone groups is 1. The lowest BCUT2D eigenvalue weighted by Crippen LogP contribution is -2.32. The van der Waals surface area contributed by atoms with Gasteiger partial charge in [0.1, 0.15) is 0 Å². The number of amidine groups is 1. The summed E-state index contributed by atoms with van der Waals surface area (Å²) >= 11 is 1.32. The summed E-state index contributed by atoms with van der Waals surface area (Å²) in [7, 11) is -3.58. The largest absolute Gasteiger partial charge is 0.325 e. The van der Waals surface area contributed by atoms with Gasteiger partial charge in [0, 0.05) is 37.0 Å². The first-order chi connectivity index (χ1) is 16.5. The SMILES string of the molecule is O=C(CSC1=Nc2ccccc2[C@H]2CC=NN12)Nc1cccc(S(=O)(=O)N2CCCCCC2)c1. The number of para-hydroxylation sites is 1. The smallest absolute Gasteiger partial charge is 0.243 e. The second-order valence-electron chi connectivity index (χ2n) is 8.53. The Morgan fingerprint density at radius 2 is 1.85 bits per heavy atom. The van der Waals surface area contributed by atoms with Crippen molar-refractivity contribution in [2.75, 3.05) is 24.2 Å². The number of hydrogen-bond donors (Lipinski definition) is 1. The summed E-state index contributed by atoms with van der Waals surface area (Å²) < 4.78 is 27.7. The summed E-state index contributed by atoms with van der Waals surface area (Å²) in [6, 6.07) is 14.6. The van der Waals surface area contributed by atoms with Crippen LogP contribution in [0.2, 0.25) is 0 Å². The van der Waals surface area contributed by atoms with Crippen LogP contribution >= 0.6 is 11.8 Å². The van der Waals surface area contributed by atoms with Crippen molar-refractivity contribution in [3.8, 4) is 0 Å². The van der Waals surface area contributed by atoms with E-state index >= 15 is 0 Å². The number of nitrogens with zero attached hydrogens (tertiary/aromatic N) is 4. The molecule has 0 radical (unpaired) electrons. The van der Waals surface area contributed by atoms with Gasteiger partial charge < -0.3 is 5.32 Å². The van der Waals surface area contributed by atoms with Gasteiger partial charge in [0.2, 0.25) is 15.9 Å². The summed E-state index contributed by atoms with van der Waals surface area (Å²) in [5, 5.41) is 9.83. The van der Waals surface area contributed by atoms with Gasteiger partial charge in [-0.2, -0.15) is 9.41 Å². The number of benzene rings is 2. The molecule has 2 aromatic carbocycles. The van der Waals surface area contributed by atoms with E-state index in [-0.39, 0.29) is 22.6 Å². The molecule has 0 aliphatic carbocycles. The van der Waals surface area contributed by atoms with E-state index in [1.165, 1.54) is 17.8 Å². The Hall–Kier alpha value is -2.69. The maximum atomic E-state index is 13.1. The molecular weight excluding hydrogens is 470 g/mol. The first kappa shape index (κ1) is 23.1. The summed E-state index contributed by atoms with van der Waals surface area (Å²) in [4.78, 5) is 17.6. The molecule has 3 heterocycles. The van der Waals surface area contributed by atoms with Gasteiger partial charge in [0.25, 0.3) is 0 Å². The van der Waals surface area contributed by atoms with Gasteiger partial charge in [-0.25, -0.2) is 18.4 Å². The fourth-order valence-corrected chi connectivity index (χ4v) is 6.84. The maximum Gasteiger partial charge on any atom is 0.243 e. The number of fused-ring (bicyclic) bond motifs is 3. The average molecular weight is 498 g/mol. The van der Waals surface area contributed by atoms with Gasteiger partial charge in [-0.3, -0.25) is 4.79 Å². The molecule has 1 atom stereocenters. The zero-order valence-electron chi connectivity index (χ0n) is 18.8. The molecule has 0 spiro atoms. The quantitative estimate of drug-likeness (QED) is 0.663. The lowest BCUT2D eigenvalue weighted by atomic mass is 10.0. The van der Waals surface area contributed by atoms with E-state index in [0.717, 1.165) is 43.4 Å². The molecule has 0 bridgehead atoms. The van der Waals surface area contributed by atoms with E-state index in [9.17, 15) is 13.2 Å². The minimum absolute atomic E-state index is 0.111. The molecule has 1 amide bonds. The van der Waals surface area contributed by atoms with Crippen LogP contribution in [0.25, 0.3) is 0 Å².